The number of halogens is 1. The minimum atomic E-state index is -0.585. The minimum absolute atomic E-state index is 0.320. The SMILES string of the molecule is CC1(CN)Cc2ccc(Cl)cc2C(=O)O1. The molecule has 0 aromatic heterocycles. The van der Waals surface area contributed by atoms with E-state index in [1.807, 2.05) is 13.0 Å². The van der Waals surface area contributed by atoms with Crippen LogP contribution >= 0.6 is 11.6 Å². The number of cyclic esters (lactones) is 1. The molecule has 80 valence electrons. The van der Waals surface area contributed by atoms with Gasteiger partial charge in [0.25, 0.3) is 0 Å². The molecule has 0 spiro atoms. The Labute approximate surface area is 93.2 Å². The molecule has 3 nitrogen and oxygen atoms in total. The van der Waals surface area contributed by atoms with Crippen LogP contribution in [0.15, 0.2) is 18.2 Å². The molecule has 1 unspecified atom stereocenters. The van der Waals surface area contributed by atoms with Crippen molar-refractivity contribution in [3.63, 3.8) is 0 Å². The first-order valence-corrected chi connectivity index (χ1v) is 5.14. The van der Waals surface area contributed by atoms with Crippen molar-refractivity contribution >= 4 is 17.6 Å². The Morgan fingerprint density at radius 2 is 2.33 bits per heavy atom. The van der Waals surface area contributed by atoms with Crippen molar-refractivity contribution < 1.29 is 9.53 Å². The third-order valence-electron chi connectivity index (χ3n) is 2.63. The van der Waals surface area contributed by atoms with Gasteiger partial charge in [-0.25, -0.2) is 4.79 Å². The summed E-state index contributed by atoms with van der Waals surface area (Å²) in [5.41, 5.74) is 6.50. The third-order valence-corrected chi connectivity index (χ3v) is 2.86. The van der Waals surface area contributed by atoms with Gasteiger partial charge in [-0.1, -0.05) is 17.7 Å². The van der Waals surface area contributed by atoms with Crippen molar-refractivity contribution in [3.05, 3.63) is 34.3 Å². The van der Waals surface area contributed by atoms with E-state index in [1.165, 1.54) is 0 Å². The summed E-state index contributed by atoms with van der Waals surface area (Å²) in [6.45, 7) is 2.16. The van der Waals surface area contributed by atoms with Crippen molar-refractivity contribution in [3.8, 4) is 0 Å². The Morgan fingerprint density at radius 3 is 3.00 bits per heavy atom. The number of ether oxygens (including phenoxy) is 1. The first-order valence-electron chi connectivity index (χ1n) is 4.76. The van der Waals surface area contributed by atoms with Crippen LogP contribution in [0, 0.1) is 0 Å². The standard InChI is InChI=1S/C11H12ClNO2/c1-11(6-13)5-7-2-3-8(12)4-9(7)10(14)15-11/h2-4H,5-6,13H2,1H3. The lowest BCUT2D eigenvalue weighted by atomic mass is 9.90. The molecular weight excluding hydrogens is 214 g/mol. The molecule has 0 amide bonds. The summed E-state index contributed by atoms with van der Waals surface area (Å²) < 4.78 is 5.28. The van der Waals surface area contributed by atoms with Gasteiger partial charge in [-0.2, -0.15) is 0 Å². The number of fused-ring (bicyclic) bond motifs is 1. The van der Waals surface area contributed by atoms with Gasteiger partial charge >= 0.3 is 5.97 Å². The molecule has 1 heterocycles. The van der Waals surface area contributed by atoms with Gasteiger partial charge in [-0.3, -0.25) is 0 Å². The summed E-state index contributed by atoms with van der Waals surface area (Å²) in [5, 5.41) is 0.544. The molecule has 0 saturated carbocycles. The van der Waals surface area contributed by atoms with E-state index in [9.17, 15) is 4.79 Å². The van der Waals surface area contributed by atoms with Gasteiger partial charge in [0, 0.05) is 18.0 Å². The van der Waals surface area contributed by atoms with Crippen LogP contribution in [0.25, 0.3) is 0 Å². The van der Waals surface area contributed by atoms with Gasteiger partial charge in [-0.05, 0) is 24.6 Å². The van der Waals surface area contributed by atoms with Crippen LogP contribution in [-0.4, -0.2) is 18.1 Å². The van der Waals surface area contributed by atoms with Gasteiger partial charge in [-0.15, -0.1) is 0 Å². The van der Waals surface area contributed by atoms with Gasteiger partial charge in [0.05, 0.1) is 5.56 Å². The number of benzene rings is 1. The number of hydrogen-bond acceptors (Lipinski definition) is 3. The average molecular weight is 226 g/mol. The lowest BCUT2D eigenvalue weighted by molar-refractivity contribution is -0.0110. The predicted octanol–water partition coefficient (Wildman–Crippen LogP) is 1.77. The zero-order valence-electron chi connectivity index (χ0n) is 8.42. The van der Waals surface area contributed by atoms with Crippen LogP contribution in [-0.2, 0) is 11.2 Å². The molecule has 0 fully saturated rings. The highest BCUT2D eigenvalue weighted by Crippen LogP contribution is 2.29. The average Bonchev–Trinajstić information content (AvgIpc) is 2.20. The molecule has 2 N–H and O–H groups in total. The molecule has 0 bridgehead atoms. The van der Waals surface area contributed by atoms with Gasteiger partial charge in [0.2, 0.25) is 0 Å². The summed E-state index contributed by atoms with van der Waals surface area (Å²) in [6.07, 6.45) is 0.641. The van der Waals surface area contributed by atoms with Gasteiger partial charge in [0.1, 0.15) is 5.60 Å². The number of esters is 1. The monoisotopic (exact) mass is 225 g/mol. The maximum absolute atomic E-state index is 11.7. The number of nitrogens with two attached hydrogens (primary N) is 1. The highest BCUT2D eigenvalue weighted by atomic mass is 35.5. The fraction of sp³-hybridized carbons (Fsp3) is 0.364. The first kappa shape index (κ1) is 10.5. The second-order valence-electron chi connectivity index (χ2n) is 4.02. The predicted molar refractivity (Wildman–Crippen MR) is 58.0 cm³/mol. The molecule has 1 aliphatic rings. The molecule has 15 heavy (non-hydrogen) atoms. The first-order chi connectivity index (χ1) is 7.04. The van der Waals surface area contributed by atoms with Gasteiger partial charge < -0.3 is 10.5 Å². The van der Waals surface area contributed by atoms with E-state index < -0.39 is 5.60 Å². The zero-order chi connectivity index (χ0) is 11.1. The van der Waals surface area contributed by atoms with E-state index in [4.69, 9.17) is 22.1 Å². The van der Waals surface area contributed by atoms with Crippen molar-refractivity contribution in [2.24, 2.45) is 5.73 Å². The molecule has 0 radical (unpaired) electrons. The third kappa shape index (κ3) is 1.85. The quantitative estimate of drug-likeness (QED) is 0.742. The lowest BCUT2D eigenvalue weighted by Crippen LogP contribution is -2.45. The van der Waals surface area contributed by atoms with Crippen LogP contribution in [0.1, 0.15) is 22.8 Å². The largest absolute Gasteiger partial charge is 0.454 e. The summed E-state index contributed by atoms with van der Waals surface area (Å²) in [7, 11) is 0. The van der Waals surface area contributed by atoms with E-state index >= 15 is 0 Å². The second kappa shape index (κ2) is 3.51. The molecular formula is C11H12ClNO2. The van der Waals surface area contributed by atoms with E-state index in [0.717, 1.165) is 5.56 Å². The van der Waals surface area contributed by atoms with Crippen LogP contribution in [0.2, 0.25) is 5.02 Å². The van der Waals surface area contributed by atoms with Crippen LogP contribution < -0.4 is 5.73 Å². The Balaban J connectivity index is 2.45. The molecule has 1 aromatic rings. The Hall–Kier alpha value is -1.06. The van der Waals surface area contributed by atoms with Crippen LogP contribution in [0.4, 0.5) is 0 Å². The topological polar surface area (TPSA) is 52.3 Å². The Bertz CT molecular complexity index is 419. The smallest absolute Gasteiger partial charge is 0.339 e. The second-order valence-corrected chi connectivity index (χ2v) is 4.46. The van der Waals surface area contributed by atoms with Crippen molar-refractivity contribution in [2.75, 3.05) is 6.54 Å². The van der Waals surface area contributed by atoms with Crippen molar-refractivity contribution in [1.29, 1.82) is 0 Å². The number of carbonyl (C=O) groups is 1. The maximum atomic E-state index is 11.7. The van der Waals surface area contributed by atoms with Gasteiger partial charge in [0.15, 0.2) is 0 Å². The van der Waals surface area contributed by atoms with Crippen molar-refractivity contribution in [2.45, 2.75) is 18.9 Å². The minimum Gasteiger partial charge on any atom is -0.454 e. The molecule has 0 saturated heterocycles. The Morgan fingerprint density at radius 1 is 1.60 bits per heavy atom. The normalized spacial score (nSPS) is 24.6. The van der Waals surface area contributed by atoms with Crippen LogP contribution in [0.5, 0.6) is 0 Å². The lowest BCUT2D eigenvalue weighted by Gasteiger charge is -2.33. The molecule has 0 aliphatic carbocycles. The summed E-state index contributed by atoms with van der Waals surface area (Å²) in [5.74, 6) is -0.341. The highest BCUT2D eigenvalue weighted by Gasteiger charge is 2.35. The Kier molecular flexibility index (Phi) is 2.44. The van der Waals surface area contributed by atoms with E-state index in [0.29, 0.717) is 23.6 Å². The maximum Gasteiger partial charge on any atom is 0.339 e. The summed E-state index contributed by atoms with van der Waals surface area (Å²) >= 11 is 5.81. The van der Waals surface area contributed by atoms with Crippen molar-refractivity contribution in [1.82, 2.24) is 0 Å². The fourth-order valence-electron chi connectivity index (χ4n) is 1.72. The van der Waals surface area contributed by atoms with E-state index in [2.05, 4.69) is 0 Å². The molecule has 1 aromatic carbocycles. The molecule has 2 rings (SSSR count). The highest BCUT2D eigenvalue weighted by molar-refractivity contribution is 6.31. The van der Waals surface area contributed by atoms with E-state index in [1.54, 1.807) is 12.1 Å². The molecule has 1 atom stereocenters. The summed E-state index contributed by atoms with van der Waals surface area (Å²) in [4.78, 5) is 11.7. The zero-order valence-corrected chi connectivity index (χ0v) is 9.17. The van der Waals surface area contributed by atoms with Crippen LogP contribution in [0.3, 0.4) is 0 Å². The summed E-state index contributed by atoms with van der Waals surface area (Å²) in [6, 6.07) is 5.26. The molecule has 1 aliphatic heterocycles. The number of hydrogen-bond donors (Lipinski definition) is 1. The number of rotatable bonds is 1. The fourth-order valence-corrected chi connectivity index (χ4v) is 1.90. The van der Waals surface area contributed by atoms with E-state index in [-0.39, 0.29) is 5.97 Å². The number of carbonyl (C=O) groups excluding carboxylic acids is 1. The molecule has 4 heteroatoms.